The summed E-state index contributed by atoms with van der Waals surface area (Å²) in [5, 5.41) is 6.34. The molecule has 4 heavy (non-hydrogen) atoms. The summed E-state index contributed by atoms with van der Waals surface area (Å²) in [4.78, 5) is 0. The van der Waals surface area contributed by atoms with Gasteiger partial charge in [-0.2, -0.15) is 0 Å². The SMILES string of the molecule is N=[P+](N)Br. The molecule has 0 aromatic heterocycles. The van der Waals surface area contributed by atoms with Gasteiger partial charge in [-0.1, -0.05) is 5.16 Å². The Balaban J connectivity index is 2.80. The first kappa shape index (κ1) is 4.54. The molecule has 1 unspecified atom stereocenters. The molecule has 0 aliphatic heterocycles. The van der Waals surface area contributed by atoms with Crippen LogP contribution in [-0.4, -0.2) is 0 Å². The van der Waals surface area contributed by atoms with Crippen molar-refractivity contribution < 1.29 is 0 Å². The van der Waals surface area contributed by atoms with Gasteiger partial charge in [-0.3, -0.25) is 0 Å². The molecule has 3 N–H and O–H groups in total. The highest BCUT2D eigenvalue weighted by Gasteiger charge is 1.80. The third-order valence-electron chi connectivity index (χ3n) is 0. The van der Waals surface area contributed by atoms with Crippen molar-refractivity contribution in [1.29, 1.82) is 5.16 Å². The molecule has 0 heterocycles. The minimum absolute atomic E-state index is 1.06. The fourth-order valence-corrected chi connectivity index (χ4v) is 0. The van der Waals surface area contributed by atoms with Crippen LogP contribution in [0.1, 0.15) is 0 Å². The quantitative estimate of drug-likeness (QED) is 0.493. The van der Waals surface area contributed by atoms with Gasteiger partial charge in [0.25, 0.3) is 15.5 Å². The normalized spacial score (nSPS) is 11.0. The van der Waals surface area contributed by atoms with Crippen LogP contribution < -0.4 is 5.50 Å². The van der Waals surface area contributed by atoms with Gasteiger partial charge in [0.15, 0.2) is 0 Å². The number of halogens is 1. The molecule has 1 atom stereocenters. The first-order chi connectivity index (χ1) is 1.73. The number of nitrogens with one attached hydrogen (secondary N) is 1. The van der Waals surface area contributed by atoms with Crippen molar-refractivity contribution in [3.63, 3.8) is 0 Å². The van der Waals surface area contributed by atoms with Crippen LogP contribution in [0.3, 0.4) is 0 Å². The van der Waals surface area contributed by atoms with Crippen LogP contribution in [0, 0.1) is 5.16 Å². The molecule has 0 fully saturated rings. The first-order valence-electron chi connectivity index (χ1n) is 0.651. The Morgan fingerprint density at radius 3 is 2.00 bits per heavy atom. The van der Waals surface area contributed by atoms with Gasteiger partial charge >= 0.3 is 6.57 Å². The second kappa shape index (κ2) is 1.82. The fourth-order valence-electron chi connectivity index (χ4n) is 0. The molecule has 2 nitrogen and oxygen atoms in total. The second-order valence-electron chi connectivity index (χ2n) is 0.311. The van der Waals surface area contributed by atoms with Gasteiger partial charge in [-0.15, -0.1) is 5.50 Å². The van der Waals surface area contributed by atoms with Crippen molar-refractivity contribution in [3.8, 4) is 0 Å². The lowest BCUT2D eigenvalue weighted by Crippen LogP contribution is -1.59. The molecular formula is H3BrN2P+. The summed E-state index contributed by atoms with van der Waals surface area (Å²) < 4.78 is 0. The molecular weight excluding hydrogens is 139 g/mol. The smallest absolute Gasteiger partial charge is 0.129 e. The summed E-state index contributed by atoms with van der Waals surface area (Å²) in [6.07, 6.45) is 0. The number of rotatable bonds is 0. The van der Waals surface area contributed by atoms with Crippen LogP contribution in [-0.2, 0) is 0 Å². The lowest BCUT2D eigenvalue weighted by molar-refractivity contribution is 1.62. The van der Waals surface area contributed by atoms with E-state index in [0.717, 1.165) is 0 Å². The molecule has 0 rings (SSSR count). The Labute approximate surface area is 33.4 Å². The molecule has 0 bridgehead atoms. The zero-order valence-corrected chi connectivity index (χ0v) is 4.38. The first-order valence-corrected chi connectivity index (χ1v) is 4.08. The van der Waals surface area contributed by atoms with E-state index in [1.807, 2.05) is 0 Å². The van der Waals surface area contributed by atoms with E-state index in [2.05, 4.69) is 15.5 Å². The highest BCUT2D eigenvalue weighted by molar-refractivity contribution is 9.37. The maximum absolute atomic E-state index is 6.34. The van der Waals surface area contributed by atoms with E-state index in [1.54, 1.807) is 0 Å². The van der Waals surface area contributed by atoms with Crippen LogP contribution >= 0.6 is 22.1 Å². The number of nitrogens with two attached hydrogens (primary N) is 1. The Bertz CT molecular complexity index is 29.0. The minimum Gasteiger partial charge on any atom is -0.129 e. The fraction of sp³-hybridized carbons (Fsp3) is 0. The van der Waals surface area contributed by atoms with Crippen molar-refractivity contribution in [2.24, 2.45) is 5.50 Å². The molecule has 0 saturated carbocycles. The Kier molecular flexibility index (Phi) is 2.07. The zero-order valence-electron chi connectivity index (χ0n) is 1.90. The van der Waals surface area contributed by atoms with E-state index in [4.69, 9.17) is 10.7 Å². The predicted octanol–water partition coefficient (Wildman–Crippen LogP) is 1.41. The highest BCUT2D eigenvalue weighted by Crippen LogP contribution is 2.17. The lowest BCUT2D eigenvalue weighted by Gasteiger charge is -1.40. The summed E-state index contributed by atoms with van der Waals surface area (Å²) in [6, 6.07) is 0. The van der Waals surface area contributed by atoms with Crippen LogP contribution in [0.4, 0.5) is 0 Å². The summed E-state index contributed by atoms with van der Waals surface area (Å²) in [7, 11) is 0. The number of hydrogen-bond acceptors (Lipinski definition) is 1. The molecule has 0 aromatic rings. The highest BCUT2D eigenvalue weighted by atomic mass is 79.9. The summed E-state index contributed by atoms with van der Waals surface area (Å²) in [5.41, 5.74) is 4.76. The van der Waals surface area contributed by atoms with Crippen LogP contribution in [0.5, 0.6) is 0 Å². The summed E-state index contributed by atoms with van der Waals surface area (Å²) in [5.74, 6) is 0. The van der Waals surface area contributed by atoms with Gasteiger partial charge in [0.05, 0.1) is 0 Å². The molecule has 24 valence electrons. The third-order valence-corrected chi connectivity index (χ3v) is 0. The summed E-state index contributed by atoms with van der Waals surface area (Å²) >= 11 is 2.78. The van der Waals surface area contributed by atoms with Gasteiger partial charge in [0.1, 0.15) is 0 Å². The third kappa shape index (κ3) is 20.7. The monoisotopic (exact) mass is 141 g/mol. The van der Waals surface area contributed by atoms with E-state index in [-0.39, 0.29) is 0 Å². The van der Waals surface area contributed by atoms with Gasteiger partial charge in [-0.25, -0.2) is 0 Å². The topological polar surface area (TPSA) is 49.9 Å². The van der Waals surface area contributed by atoms with Gasteiger partial charge in [0, 0.05) is 0 Å². The molecule has 0 saturated heterocycles. The second-order valence-corrected chi connectivity index (χ2v) is 3.23. The van der Waals surface area contributed by atoms with Crippen molar-refractivity contribution in [2.45, 2.75) is 0 Å². The molecule has 0 aromatic carbocycles. The van der Waals surface area contributed by atoms with Crippen LogP contribution in [0.2, 0.25) is 0 Å². The van der Waals surface area contributed by atoms with E-state index in [1.165, 1.54) is 0 Å². The average molecular weight is 142 g/mol. The predicted molar refractivity (Wildman–Crippen MR) is 22.8 cm³/mol. The summed E-state index contributed by atoms with van der Waals surface area (Å²) in [6.45, 7) is -1.06. The number of hydrogen-bond donors (Lipinski definition) is 2. The van der Waals surface area contributed by atoms with Crippen molar-refractivity contribution >= 4 is 22.1 Å². The molecule has 0 amide bonds. The molecule has 0 radical (unpaired) electrons. The molecule has 0 aliphatic carbocycles. The molecule has 4 heteroatoms. The van der Waals surface area contributed by atoms with E-state index in [0.29, 0.717) is 0 Å². The van der Waals surface area contributed by atoms with Crippen molar-refractivity contribution in [1.82, 2.24) is 0 Å². The molecule has 0 spiro atoms. The maximum Gasteiger partial charge on any atom is 0.369 e. The van der Waals surface area contributed by atoms with Gasteiger partial charge < -0.3 is 0 Å². The van der Waals surface area contributed by atoms with Crippen molar-refractivity contribution in [2.75, 3.05) is 0 Å². The van der Waals surface area contributed by atoms with Crippen LogP contribution in [0.25, 0.3) is 0 Å². The maximum atomic E-state index is 6.34. The van der Waals surface area contributed by atoms with Gasteiger partial charge in [0.2, 0.25) is 0 Å². The Hall–Kier alpha value is 0.540. The average Bonchev–Trinajstić information content (AvgIpc) is 0.811. The molecule has 0 aliphatic rings. The minimum atomic E-state index is -1.06. The van der Waals surface area contributed by atoms with Crippen molar-refractivity contribution in [3.05, 3.63) is 0 Å². The van der Waals surface area contributed by atoms with E-state index < -0.39 is 6.57 Å². The van der Waals surface area contributed by atoms with E-state index >= 15 is 0 Å². The Morgan fingerprint density at radius 1 is 2.00 bits per heavy atom. The standard InChI is InChI=1S/BrH3N2P/c1-4(2)3/h(H3,2,3)/q+1. The Morgan fingerprint density at radius 2 is 2.00 bits per heavy atom. The van der Waals surface area contributed by atoms with Gasteiger partial charge in [-0.05, 0) is 0 Å². The lowest BCUT2D eigenvalue weighted by atomic mass is 13.9. The zero-order chi connectivity index (χ0) is 3.58. The van der Waals surface area contributed by atoms with Crippen LogP contribution in [0.15, 0.2) is 0 Å². The largest absolute Gasteiger partial charge is 0.369 e. The van der Waals surface area contributed by atoms with E-state index in [9.17, 15) is 0 Å².